The molecule has 0 aliphatic heterocycles. The van der Waals surface area contributed by atoms with Crippen molar-refractivity contribution in [3.63, 3.8) is 0 Å². The lowest BCUT2D eigenvalue weighted by Crippen LogP contribution is -2.34. The second kappa shape index (κ2) is 8.84. The van der Waals surface area contributed by atoms with Gasteiger partial charge in [0.2, 0.25) is 0 Å². The van der Waals surface area contributed by atoms with Crippen molar-refractivity contribution >= 4 is 11.9 Å². The van der Waals surface area contributed by atoms with Crippen molar-refractivity contribution in [2.24, 2.45) is 11.5 Å². The fourth-order valence-electron chi connectivity index (χ4n) is 1.56. The Morgan fingerprint density at radius 2 is 1.33 bits per heavy atom. The number of aliphatic hydroxyl groups excluding tert-OH is 1. The summed E-state index contributed by atoms with van der Waals surface area (Å²) in [6.45, 7) is 0. The molecule has 0 fully saturated rings. The monoisotopic (exact) mass is 262 g/mol. The molecule has 0 saturated carbocycles. The van der Waals surface area contributed by atoms with E-state index in [1.54, 1.807) is 0 Å². The lowest BCUT2D eigenvalue weighted by molar-refractivity contribution is -0.141. The maximum atomic E-state index is 10.9. The molecule has 0 aliphatic rings. The zero-order valence-corrected chi connectivity index (χ0v) is 10.8. The molecule has 0 amide bonds. The number of esters is 2. The molecule has 0 rings (SSSR count). The fraction of sp³-hybridized carbons (Fsp3) is 0.818. The number of nitrogens with two attached hydrogens (primary N) is 2. The van der Waals surface area contributed by atoms with Gasteiger partial charge in [0.05, 0.1) is 33.2 Å². The molecule has 0 aliphatic carbocycles. The highest BCUT2D eigenvalue weighted by Gasteiger charge is 2.18. The van der Waals surface area contributed by atoms with Crippen molar-refractivity contribution in [1.82, 2.24) is 0 Å². The largest absolute Gasteiger partial charge is 0.469 e. The summed E-state index contributed by atoms with van der Waals surface area (Å²) in [5.41, 5.74) is 11.3. The van der Waals surface area contributed by atoms with Crippen LogP contribution in [0.1, 0.15) is 25.7 Å². The van der Waals surface area contributed by atoms with Gasteiger partial charge in [0.1, 0.15) is 0 Å². The number of hydrogen-bond donors (Lipinski definition) is 3. The lowest BCUT2D eigenvalue weighted by Gasteiger charge is -2.18. The number of carbonyl (C=O) groups is 2. The first-order valence-corrected chi connectivity index (χ1v) is 5.71. The standard InChI is InChI=1S/C11H22N2O5/c1-17-10(15)5-7(12)3-9(14)4-8(13)6-11(16)18-2/h7-9,14H,3-6,12-13H2,1-2H3. The van der Waals surface area contributed by atoms with Crippen LogP contribution in [0.15, 0.2) is 0 Å². The van der Waals surface area contributed by atoms with Crippen LogP contribution >= 0.6 is 0 Å². The molecule has 5 N–H and O–H groups in total. The molecule has 2 unspecified atom stereocenters. The molecule has 0 saturated heterocycles. The van der Waals surface area contributed by atoms with Crippen molar-refractivity contribution in [2.45, 2.75) is 43.9 Å². The van der Waals surface area contributed by atoms with Crippen LogP contribution in [-0.2, 0) is 19.1 Å². The first-order chi connectivity index (χ1) is 8.38. The maximum absolute atomic E-state index is 10.9. The van der Waals surface area contributed by atoms with E-state index in [0.717, 1.165) is 0 Å². The molecule has 0 radical (unpaired) electrons. The summed E-state index contributed by atoms with van der Waals surface area (Å²) in [6, 6.07) is -0.976. The van der Waals surface area contributed by atoms with Crippen LogP contribution in [-0.4, -0.2) is 49.5 Å². The maximum Gasteiger partial charge on any atom is 0.307 e. The Kier molecular flexibility index (Phi) is 8.27. The predicted molar refractivity (Wildman–Crippen MR) is 64.5 cm³/mol. The van der Waals surface area contributed by atoms with Crippen molar-refractivity contribution in [3.8, 4) is 0 Å². The minimum Gasteiger partial charge on any atom is -0.469 e. The number of aliphatic hydroxyl groups is 1. The number of ether oxygens (including phenoxy) is 2. The molecule has 0 aromatic heterocycles. The molecule has 0 heterocycles. The van der Waals surface area contributed by atoms with Crippen molar-refractivity contribution in [2.75, 3.05) is 14.2 Å². The van der Waals surface area contributed by atoms with Crippen LogP contribution in [0.2, 0.25) is 0 Å². The van der Waals surface area contributed by atoms with Gasteiger partial charge in [-0.25, -0.2) is 0 Å². The summed E-state index contributed by atoms with van der Waals surface area (Å²) in [5, 5.41) is 9.70. The summed E-state index contributed by atoms with van der Waals surface area (Å²) in [6.07, 6.45) is -0.225. The van der Waals surface area contributed by atoms with Gasteiger partial charge in [-0.3, -0.25) is 9.59 Å². The van der Waals surface area contributed by atoms with Gasteiger partial charge in [-0.2, -0.15) is 0 Å². The highest BCUT2D eigenvalue weighted by molar-refractivity contribution is 5.70. The second-order valence-corrected chi connectivity index (χ2v) is 4.21. The molecule has 2 atom stereocenters. The Hall–Kier alpha value is -1.18. The van der Waals surface area contributed by atoms with E-state index in [2.05, 4.69) is 9.47 Å². The summed E-state index contributed by atoms with van der Waals surface area (Å²) >= 11 is 0. The van der Waals surface area contributed by atoms with E-state index in [1.165, 1.54) is 14.2 Å². The zero-order valence-electron chi connectivity index (χ0n) is 10.8. The summed E-state index contributed by atoms with van der Waals surface area (Å²) in [5.74, 6) is -0.845. The van der Waals surface area contributed by atoms with Gasteiger partial charge in [0.15, 0.2) is 0 Å². The van der Waals surface area contributed by atoms with Gasteiger partial charge < -0.3 is 26.0 Å². The summed E-state index contributed by atoms with van der Waals surface area (Å²) in [7, 11) is 2.55. The summed E-state index contributed by atoms with van der Waals surface area (Å²) in [4.78, 5) is 21.9. The molecule has 7 heteroatoms. The number of hydrogen-bond acceptors (Lipinski definition) is 7. The third-order valence-corrected chi connectivity index (χ3v) is 2.46. The highest BCUT2D eigenvalue weighted by atomic mass is 16.5. The van der Waals surface area contributed by atoms with Gasteiger partial charge >= 0.3 is 11.9 Å². The van der Waals surface area contributed by atoms with Crippen LogP contribution in [0.25, 0.3) is 0 Å². The molecule has 0 spiro atoms. The van der Waals surface area contributed by atoms with Gasteiger partial charge in [-0.05, 0) is 12.8 Å². The van der Waals surface area contributed by atoms with Crippen molar-refractivity contribution in [3.05, 3.63) is 0 Å². The van der Waals surface area contributed by atoms with Crippen LogP contribution in [0, 0.1) is 0 Å². The van der Waals surface area contributed by atoms with Gasteiger partial charge in [0.25, 0.3) is 0 Å². The predicted octanol–water partition coefficient (Wildman–Crippen LogP) is -1.09. The van der Waals surface area contributed by atoms with Crippen LogP contribution in [0.4, 0.5) is 0 Å². The molecule has 0 aromatic carbocycles. The van der Waals surface area contributed by atoms with E-state index in [-0.39, 0.29) is 25.7 Å². The van der Waals surface area contributed by atoms with E-state index in [4.69, 9.17) is 11.5 Å². The smallest absolute Gasteiger partial charge is 0.307 e. The third-order valence-electron chi connectivity index (χ3n) is 2.46. The number of carbonyl (C=O) groups excluding carboxylic acids is 2. The SMILES string of the molecule is COC(=O)CC(N)CC(O)CC(N)CC(=O)OC. The minimum atomic E-state index is -0.760. The number of methoxy groups -OCH3 is 2. The number of rotatable bonds is 8. The molecular formula is C11H22N2O5. The first-order valence-electron chi connectivity index (χ1n) is 5.71. The Morgan fingerprint density at radius 3 is 1.61 bits per heavy atom. The van der Waals surface area contributed by atoms with Gasteiger partial charge in [0, 0.05) is 12.1 Å². The normalized spacial score (nSPS) is 15.6. The van der Waals surface area contributed by atoms with Crippen molar-refractivity contribution in [1.29, 1.82) is 0 Å². The van der Waals surface area contributed by atoms with Gasteiger partial charge in [-0.1, -0.05) is 0 Å². The molecule has 106 valence electrons. The minimum absolute atomic E-state index is 0.0415. The highest BCUT2D eigenvalue weighted by Crippen LogP contribution is 2.08. The topological polar surface area (TPSA) is 125 Å². The van der Waals surface area contributed by atoms with Crippen molar-refractivity contribution < 1.29 is 24.2 Å². The van der Waals surface area contributed by atoms with E-state index in [9.17, 15) is 14.7 Å². The molecule has 7 nitrogen and oxygen atoms in total. The molecular weight excluding hydrogens is 240 g/mol. The fourth-order valence-corrected chi connectivity index (χ4v) is 1.56. The van der Waals surface area contributed by atoms with E-state index >= 15 is 0 Å². The lowest BCUT2D eigenvalue weighted by atomic mass is 10.00. The Balaban J connectivity index is 3.91. The first kappa shape index (κ1) is 16.8. The quantitative estimate of drug-likeness (QED) is 0.474. The Morgan fingerprint density at radius 1 is 1.00 bits per heavy atom. The van der Waals surface area contributed by atoms with Gasteiger partial charge in [-0.15, -0.1) is 0 Å². The zero-order chi connectivity index (χ0) is 14.1. The average molecular weight is 262 g/mol. The molecule has 18 heavy (non-hydrogen) atoms. The molecule has 0 aromatic rings. The Labute approximate surface area is 106 Å². The summed E-state index contributed by atoms with van der Waals surface area (Å²) < 4.78 is 8.93. The Bertz CT molecular complexity index is 246. The van der Waals surface area contributed by atoms with E-state index in [0.29, 0.717) is 0 Å². The average Bonchev–Trinajstić information content (AvgIpc) is 2.27. The molecule has 0 bridgehead atoms. The van der Waals surface area contributed by atoms with Crippen LogP contribution in [0.3, 0.4) is 0 Å². The van der Waals surface area contributed by atoms with E-state index in [1.807, 2.05) is 0 Å². The van der Waals surface area contributed by atoms with E-state index < -0.39 is 30.1 Å². The third kappa shape index (κ3) is 7.99. The van der Waals surface area contributed by atoms with Crippen LogP contribution < -0.4 is 11.5 Å². The second-order valence-electron chi connectivity index (χ2n) is 4.21. The van der Waals surface area contributed by atoms with Crippen LogP contribution in [0.5, 0.6) is 0 Å².